The van der Waals surface area contributed by atoms with Crippen molar-refractivity contribution < 1.29 is 28.4 Å². The molecule has 0 amide bonds. The Morgan fingerprint density at radius 2 is 1.08 bits per heavy atom. The molecule has 0 N–H and O–H groups in total. The summed E-state index contributed by atoms with van der Waals surface area (Å²) in [6, 6.07) is 15.6. The molecule has 3 aromatic carbocycles. The van der Waals surface area contributed by atoms with Gasteiger partial charge in [-0.05, 0) is 86.9 Å². The zero-order chi connectivity index (χ0) is 27.5. The number of nitrogens with zero attached hydrogens (tertiary/aromatic N) is 1. The maximum Gasteiger partial charge on any atom is 0.162 e. The van der Waals surface area contributed by atoms with Gasteiger partial charge in [-0.1, -0.05) is 12.1 Å². The van der Waals surface area contributed by atoms with E-state index in [9.17, 15) is 0 Å². The number of methoxy groups -OCH3 is 2. The third-order valence-corrected chi connectivity index (χ3v) is 5.90. The second-order valence-corrected chi connectivity index (χ2v) is 8.23. The van der Waals surface area contributed by atoms with E-state index in [1.165, 1.54) is 0 Å². The molecule has 0 saturated carbocycles. The lowest BCUT2D eigenvalue weighted by Gasteiger charge is -2.24. The highest BCUT2D eigenvalue weighted by Crippen LogP contribution is 2.46. The number of ether oxygens (including phenoxy) is 6. The molecule has 0 unspecified atom stereocenters. The summed E-state index contributed by atoms with van der Waals surface area (Å²) in [5.41, 5.74) is 3.37. The number of aliphatic imine (C=N–C) groups is 1. The van der Waals surface area contributed by atoms with E-state index in [0.717, 1.165) is 16.7 Å². The summed E-state index contributed by atoms with van der Waals surface area (Å²) in [6.45, 7) is 9.85. The zero-order valence-corrected chi connectivity index (χ0v) is 23.6. The molecular weight excluding hydrogens is 502 g/mol. The lowest BCUT2D eigenvalue weighted by molar-refractivity contribution is 0.287. The van der Waals surface area contributed by atoms with E-state index in [1.807, 2.05) is 70.2 Å². The lowest BCUT2D eigenvalue weighted by atomic mass is 9.83. The predicted octanol–water partition coefficient (Wildman–Crippen LogP) is 7.21. The summed E-state index contributed by atoms with van der Waals surface area (Å²) in [6.07, 6.45) is 0. The normalized spacial score (nSPS) is 10.5. The van der Waals surface area contributed by atoms with Crippen LogP contribution in [0.4, 0.5) is 5.69 Å². The molecule has 3 aromatic rings. The first-order valence-corrected chi connectivity index (χ1v) is 13.1. The molecule has 0 radical (unpaired) electrons. The average molecular weight is 538 g/mol. The van der Waals surface area contributed by atoms with E-state index < -0.39 is 0 Å². The van der Waals surface area contributed by atoms with Gasteiger partial charge in [-0.3, -0.25) is 0 Å². The fraction of sp³-hybridized carbons (Fsp3) is 0.367. The monoisotopic (exact) mass is 537 g/mol. The Labute approximate surface area is 230 Å². The Hall–Kier alpha value is -3.74. The van der Waals surface area contributed by atoms with Crippen molar-refractivity contribution in [3.63, 3.8) is 0 Å². The molecule has 0 aliphatic carbocycles. The standard InChI is InChI=1S/C30H35NO6S/c1-7-34-24-13-11-20(15-28(24)36-9-3)30(21-12-14-25(35-8-2)29(16-21)37-10-4)22-17-26(32-5)27(33-6)18-23(22)31-19-38/h11-18,30H,7-10H2,1-6H3. The molecule has 0 atom stereocenters. The predicted molar refractivity (Wildman–Crippen MR) is 153 cm³/mol. The highest BCUT2D eigenvalue weighted by atomic mass is 32.1. The summed E-state index contributed by atoms with van der Waals surface area (Å²) < 4.78 is 34.7. The molecular formula is C30H35NO6S. The number of benzene rings is 3. The molecule has 7 nitrogen and oxygen atoms in total. The van der Waals surface area contributed by atoms with Crippen molar-refractivity contribution in [1.82, 2.24) is 0 Å². The van der Waals surface area contributed by atoms with Crippen LogP contribution in [0.5, 0.6) is 34.5 Å². The topological polar surface area (TPSA) is 67.7 Å². The first-order chi connectivity index (χ1) is 18.5. The minimum atomic E-state index is -0.304. The fourth-order valence-electron chi connectivity index (χ4n) is 4.31. The summed E-state index contributed by atoms with van der Waals surface area (Å²) in [5, 5.41) is 2.51. The van der Waals surface area contributed by atoms with Crippen LogP contribution in [0.2, 0.25) is 0 Å². The van der Waals surface area contributed by atoms with Crippen LogP contribution < -0.4 is 28.4 Å². The summed E-state index contributed by atoms with van der Waals surface area (Å²) in [4.78, 5) is 4.39. The SMILES string of the molecule is CCOc1ccc(C(c2ccc(OCC)c(OCC)c2)c2cc(OC)c(OC)cc2N=C=S)cc1OCC. The Morgan fingerprint density at radius 1 is 0.632 bits per heavy atom. The number of hydrogen-bond donors (Lipinski definition) is 0. The zero-order valence-electron chi connectivity index (χ0n) is 22.8. The van der Waals surface area contributed by atoms with E-state index in [4.69, 9.17) is 40.6 Å². The van der Waals surface area contributed by atoms with Crippen LogP contribution >= 0.6 is 12.2 Å². The van der Waals surface area contributed by atoms with Crippen molar-refractivity contribution in [3.8, 4) is 34.5 Å². The lowest BCUT2D eigenvalue weighted by Crippen LogP contribution is -2.08. The van der Waals surface area contributed by atoms with Gasteiger partial charge in [-0.15, -0.1) is 0 Å². The van der Waals surface area contributed by atoms with E-state index in [1.54, 1.807) is 20.3 Å². The van der Waals surface area contributed by atoms with Crippen LogP contribution in [0, 0.1) is 0 Å². The quantitative estimate of drug-likeness (QED) is 0.122. The molecule has 202 valence electrons. The summed E-state index contributed by atoms with van der Waals surface area (Å²) >= 11 is 5.00. The van der Waals surface area contributed by atoms with Gasteiger partial charge in [0.25, 0.3) is 0 Å². The van der Waals surface area contributed by atoms with Gasteiger partial charge in [-0.25, -0.2) is 0 Å². The summed E-state index contributed by atoms with van der Waals surface area (Å²) in [5.74, 6) is 3.50. The van der Waals surface area contributed by atoms with Gasteiger partial charge in [0.1, 0.15) is 0 Å². The van der Waals surface area contributed by atoms with Crippen LogP contribution in [0.25, 0.3) is 0 Å². The molecule has 0 bridgehead atoms. The molecule has 0 aliphatic rings. The molecule has 38 heavy (non-hydrogen) atoms. The van der Waals surface area contributed by atoms with Crippen molar-refractivity contribution in [2.24, 2.45) is 4.99 Å². The molecule has 0 aromatic heterocycles. The molecule has 0 heterocycles. The first kappa shape index (κ1) is 28.8. The second kappa shape index (κ2) is 14.3. The second-order valence-electron chi connectivity index (χ2n) is 8.05. The number of thiocarbonyl (C=S) groups is 1. The van der Waals surface area contributed by atoms with Crippen molar-refractivity contribution in [3.05, 3.63) is 65.2 Å². The minimum absolute atomic E-state index is 0.304. The fourth-order valence-corrected chi connectivity index (χ4v) is 4.41. The van der Waals surface area contributed by atoms with Gasteiger partial charge in [-0.2, -0.15) is 4.99 Å². The summed E-state index contributed by atoms with van der Waals surface area (Å²) in [7, 11) is 3.19. The largest absolute Gasteiger partial charge is 0.493 e. The molecule has 0 fully saturated rings. The van der Waals surface area contributed by atoms with Crippen molar-refractivity contribution in [2.45, 2.75) is 33.6 Å². The Bertz CT molecular complexity index is 1210. The molecule has 0 spiro atoms. The van der Waals surface area contributed by atoms with Gasteiger partial charge in [0.15, 0.2) is 34.5 Å². The minimum Gasteiger partial charge on any atom is -0.493 e. The van der Waals surface area contributed by atoms with Crippen LogP contribution in [0.1, 0.15) is 50.3 Å². The van der Waals surface area contributed by atoms with Crippen molar-refractivity contribution >= 4 is 23.1 Å². The van der Waals surface area contributed by atoms with E-state index in [0.29, 0.717) is 66.6 Å². The van der Waals surface area contributed by atoms with Crippen LogP contribution in [-0.4, -0.2) is 45.8 Å². The van der Waals surface area contributed by atoms with E-state index >= 15 is 0 Å². The van der Waals surface area contributed by atoms with Crippen LogP contribution in [0.15, 0.2) is 53.5 Å². The molecule has 0 aliphatic heterocycles. The molecule has 0 saturated heterocycles. The van der Waals surface area contributed by atoms with Gasteiger partial charge in [0.2, 0.25) is 0 Å². The van der Waals surface area contributed by atoms with Gasteiger partial charge in [0, 0.05) is 12.0 Å². The van der Waals surface area contributed by atoms with Crippen LogP contribution in [-0.2, 0) is 0 Å². The van der Waals surface area contributed by atoms with Crippen molar-refractivity contribution in [1.29, 1.82) is 0 Å². The Balaban J connectivity index is 2.35. The van der Waals surface area contributed by atoms with Crippen molar-refractivity contribution in [2.75, 3.05) is 40.6 Å². The first-order valence-electron chi connectivity index (χ1n) is 12.7. The van der Waals surface area contributed by atoms with Crippen LogP contribution in [0.3, 0.4) is 0 Å². The third-order valence-electron chi connectivity index (χ3n) is 5.81. The smallest absolute Gasteiger partial charge is 0.162 e. The average Bonchev–Trinajstić information content (AvgIpc) is 2.92. The van der Waals surface area contributed by atoms with Gasteiger partial charge < -0.3 is 28.4 Å². The Morgan fingerprint density at radius 3 is 1.50 bits per heavy atom. The highest BCUT2D eigenvalue weighted by molar-refractivity contribution is 7.78. The third kappa shape index (κ3) is 6.57. The van der Waals surface area contributed by atoms with Gasteiger partial charge >= 0.3 is 0 Å². The molecule has 8 heteroatoms. The van der Waals surface area contributed by atoms with Gasteiger partial charge in [0.05, 0.1) is 51.5 Å². The maximum absolute atomic E-state index is 5.96. The Kier molecular flexibility index (Phi) is 10.8. The number of hydrogen-bond acceptors (Lipinski definition) is 8. The number of isothiocyanates is 1. The highest BCUT2D eigenvalue weighted by Gasteiger charge is 2.25. The maximum atomic E-state index is 5.96. The molecule has 3 rings (SSSR count). The van der Waals surface area contributed by atoms with E-state index in [2.05, 4.69) is 10.2 Å². The van der Waals surface area contributed by atoms with E-state index in [-0.39, 0.29) is 5.92 Å². The number of rotatable bonds is 14.